The van der Waals surface area contributed by atoms with Crippen LogP contribution in [-0.2, 0) is 4.74 Å². The Morgan fingerprint density at radius 3 is 2.70 bits per heavy atom. The lowest BCUT2D eigenvalue weighted by Crippen LogP contribution is -2.19. The van der Waals surface area contributed by atoms with E-state index in [1.54, 1.807) is 12.1 Å². The summed E-state index contributed by atoms with van der Waals surface area (Å²) in [5.74, 6) is -0.761. The quantitative estimate of drug-likeness (QED) is 0.813. The van der Waals surface area contributed by atoms with Crippen LogP contribution >= 0.6 is 0 Å². The first-order valence-electron chi connectivity index (χ1n) is 5.57. The summed E-state index contributed by atoms with van der Waals surface area (Å²) in [6.07, 6.45) is -3.12. The van der Waals surface area contributed by atoms with Crippen molar-refractivity contribution in [3.05, 3.63) is 36.0 Å². The number of halogens is 3. The van der Waals surface area contributed by atoms with E-state index in [0.717, 1.165) is 0 Å². The fourth-order valence-corrected chi connectivity index (χ4v) is 1.65. The molecule has 0 fully saturated rings. The molecule has 20 heavy (non-hydrogen) atoms. The van der Waals surface area contributed by atoms with E-state index in [-0.39, 0.29) is 11.4 Å². The molecule has 0 saturated carbocycles. The number of alkyl halides is 3. The number of carbonyl (C=O) groups excluding carboxylic acids is 1. The average Bonchev–Trinajstić information content (AvgIpc) is 2.42. The Labute approximate surface area is 112 Å². The molecule has 0 saturated heterocycles. The van der Waals surface area contributed by atoms with E-state index < -0.39 is 18.8 Å². The molecule has 1 aromatic carbocycles. The molecule has 0 atom stereocenters. The number of rotatable bonds is 3. The van der Waals surface area contributed by atoms with E-state index >= 15 is 0 Å². The van der Waals surface area contributed by atoms with Gasteiger partial charge >= 0.3 is 12.1 Å². The monoisotopic (exact) mass is 285 g/mol. The summed E-state index contributed by atoms with van der Waals surface area (Å²) in [5, 5.41) is 0.935. The van der Waals surface area contributed by atoms with Crippen molar-refractivity contribution in [2.75, 3.05) is 13.7 Å². The first-order chi connectivity index (χ1) is 9.40. The van der Waals surface area contributed by atoms with Crippen LogP contribution in [0.25, 0.3) is 10.8 Å². The van der Waals surface area contributed by atoms with E-state index in [4.69, 9.17) is 0 Å². The van der Waals surface area contributed by atoms with Crippen molar-refractivity contribution in [2.45, 2.75) is 6.18 Å². The molecule has 0 unspecified atom stereocenters. The minimum Gasteiger partial charge on any atom is -0.468 e. The first kappa shape index (κ1) is 14.1. The molecule has 0 aliphatic carbocycles. The van der Waals surface area contributed by atoms with Gasteiger partial charge in [-0.05, 0) is 23.6 Å². The molecule has 0 amide bonds. The molecule has 2 aromatic rings. The van der Waals surface area contributed by atoms with Crippen molar-refractivity contribution in [1.29, 1.82) is 0 Å². The number of pyridine rings is 1. The van der Waals surface area contributed by atoms with Gasteiger partial charge < -0.3 is 9.47 Å². The topological polar surface area (TPSA) is 48.4 Å². The van der Waals surface area contributed by atoms with Crippen LogP contribution in [0.1, 0.15) is 10.4 Å². The number of esters is 1. The third-order valence-corrected chi connectivity index (χ3v) is 2.52. The third-order valence-electron chi connectivity index (χ3n) is 2.52. The summed E-state index contributed by atoms with van der Waals surface area (Å²) < 4.78 is 45.8. The molecule has 0 aliphatic heterocycles. The van der Waals surface area contributed by atoms with Gasteiger partial charge in [-0.15, -0.1) is 0 Å². The predicted molar refractivity (Wildman–Crippen MR) is 64.6 cm³/mol. The van der Waals surface area contributed by atoms with Gasteiger partial charge in [0.15, 0.2) is 6.61 Å². The van der Waals surface area contributed by atoms with Crippen molar-refractivity contribution in [3.8, 4) is 5.88 Å². The molecule has 106 valence electrons. The number of hydrogen-bond acceptors (Lipinski definition) is 4. The summed E-state index contributed by atoms with van der Waals surface area (Å²) >= 11 is 0. The van der Waals surface area contributed by atoms with Crippen LogP contribution < -0.4 is 4.74 Å². The number of methoxy groups -OCH3 is 1. The maximum atomic E-state index is 12.2. The smallest absolute Gasteiger partial charge is 0.422 e. The standard InChI is InChI=1S/C13H10F3NO3/c1-19-12(18)9-3-2-8-4-5-17-11(10(8)6-9)20-7-13(14,15)16/h2-6H,7H2,1H3. The number of nitrogens with zero attached hydrogens (tertiary/aromatic N) is 1. The largest absolute Gasteiger partial charge is 0.468 e. The number of benzene rings is 1. The molecule has 7 heteroatoms. The number of ether oxygens (including phenoxy) is 2. The fourth-order valence-electron chi connectivity index (χ4n) is 1.65. The molecule has 2 rings (SSSR count). The molecule has 0 bridgehead atoms. The van der Waals surface area contributed by atoms with Crippen molar-refractivity contribution in [1.82, 2.24) is 4.98 Å². The molecule has 0 N–H and O–H groups in total. The Balaban J connectivity index is 2.41. The molecule has 1 aromatic heterocycles. The van der Waals surface area contributed by atoms with Gasteiger partial charge in [-0.1, -0.05) is 6.07 Å². The summed E-state index contributed by atoms with van der Waals surface area (Å²) in [5.41, 5.74) is 0.213. The van der Waals surface area contributed by atoms with Gasteiger partial charge in [-0.3, -0.25) is 0 Å². The Bertz CT molecular complexity index is 640. The zero-order chi connectivity index (χ0) is 14.8. The van der Waals surface area contributed by atoms with Crippen molar-refractivity contribution in [3.63, 3.8) is 0 Å². The van der Waals surface area contributed by atoms with Gasteiger partial charge in [-0.2, -0.15) is 13.2 Å². The SMILES string of the molecule is COC(=O)c1ccc2ccnc(OCC(F)(F)F)c2c1. The molecule has 4 nitrogen and oxygen atoms in total. The van der Waals surface area contributed by atoms with Crippen LogP contribution in [0.3, 0.4) is 0 Å². The van der Waals surface area contributed by atoms with E-state index in [9.17, 15) is 18.0 Å². The van der Waals surface area contributed by atoms with Crippen LogP contribution in [0.15, 0.2) is 30.5 Å². The Morgan fingerprint density at radius 2 is 2.05 bits per heavy atom. The molecular formula is C13H10F3NO3. The van der Waals surface area contributed by atoms with E-state index in [0.29, 0.717) is 10.8 Å². The lowest BCUT2D eigenvalue weighted by atomic mass is 10.1. The normalized spacial score (nSPS) is 11.4. The van der Waals surface area contributed by atoms with Crippen LogP contribution in [-0.4, -0.2) is 30.8 Å². The summed E-state index contributed by atoms with van der Waals surface area (Å²) in [6, 6.07) is 6.10. The highest BCUT2D eigenvalue weighted by atomic mass is 19.4. The highest BCUT2D eigenvalue weighted by molar-refractivity contribution is 5.96. The van der Waals surface area contributed by atoms with Gasteiger partial charge in [0, 0.05) is 11.6 Å². The van der Waals surface area contributed by atoms with E-state index in [1.807, 2.05) is 0 Å². The molecule has 1 heterocycles. The van der Waals surface area contributed by atoms with Gasteiger partial charge in [0.25, 0.3) is 0 Å². The molecule has 0 radical (unpaired) electrons. The fraction of sp³-hybridized carbons (Fsp3) is 0.231. The van der Waals surface area contributed by atoms with Crippen molar-refractivity contribution in [2.24, 2.45) is 0 Å². The van der Waals surface area contributed by atoms with Gasteiger partial charge in [0.1, 0.15) is 0 Å². The third kappa shape index (κ3) is 3.17. The zero-order valence-corrected chi connectivity index (χ0v) is 10.4. The number of carbonyl (C=O) groups is 1. The van der Waals surface area contributed by atoms with E-state index in [2.05, 4.69) is 14.5 Å². The Kier molecular flexibility index (Phi) is 3.78. The molecular weight excluding hydrogens is 275 g/mol. The lowest BCUT2D eigenvalue weighted by Gasteiger charge is -2.10. The van der Waals surface area contributed by atoms with Crippen LogP contribution in [0.4, 0.5) is 13.2 Å². The number of fused-ring (bicyclic) bond motifs is 1. The lowest BCUT2D eigenvalue weighted by molar-refractivity contribution is -0.153. The molecule has 0 aliphatic rings. The Hall–Kier alpha value is -2.31. The predicted octanol–water partition coefficient (Wildman–Crippen LogP) is 2.96. The summed E-state index contributed by atoms with van der Waals surface area (Å²) in [7, 11) is 1.22. The van der Waals surface area contributed by atoms with Gasteiger partial charge in [-0.25, -0.2) is 9.78 Å². The molecule has 0 spiro atoms. The van der Waals surface area contributed by atoms with Crippen molar-refractivity contribution < 1.29 is 27.4 Å². The first-order valence-corrected chi connectivity index (χ1v) is 5.57. The van der Waals surface area contributed by atoms with Gasteiger partial charge in [0.05, 0.1) is 12.7 Å². The van der Waals surface area contributed by atoms with Crippen LogP contribution in [0, 0.1) is 0 Å². The maximum Gasteiger partial charge on any atom is 0.422 e. The van der Waals surface area contributed by atoms with Crippen molar-refractivity contribution >= 4 is 16.7 Å². The number of hydrogen-bond donors (Lipinski definition) is 0. The summed E-state index contributed by atoms with van der Waals surface area (Å²) in [4.78, 5) is 15.2. The minimum atomic E-state index is -4.45. The minimum absolute atomic E-state index is 0.175. The second-order valence-electron chi connectivity index (χ2n) is 3.95. The summed E-state index contributed by atoms with van der Waals surface area (Å²) in [6.45, 7) is -1.44. The van der Waals surface area contributed by atoms with Crippen LogP contribution in [0.2, 0.25) is 0 Å². The second kappa shape index (κ2) is 5.36. The zero-order valence-electron chi connectivity index (χ0n) is 10.4. The highest BCUT2D eigenvalue weighted by Crippen LogP contribution is 2.26. The average molecular weight is 285 g/mol. The second-order valence-corrected chi connectivity index (χ2v) is 3.95. The maximum absolute atomic E-state index is 12.2. The van der Waals surface area contributed by atoms with Crippen LogP contribution in [0.5, 0.6) is 5.88 Å². The Morgan fingerprint density at radius 1 is 1.30 bits per heavy atom. The van der Waals surface area contributed by atoms with Gasteiger partial charge in [0.2, 0.25) is 5.88 Å². The van der Waals surface area contributed by atoms with E-state index in [1.165, 1.54) is 25.4 Å². The number of aromatic nitrogens is 1. The highest BCUT2D eigenvalue weighted by Gasteiger charge is 2.29.